The lowest BCUT2D eigenvalue weighted by Crippen LogP contribution is -2.28. The molecule has 0 N–H and O–H groups in total. The Hall–Kier alpha value is -2.16. The van der Waals surface area contributed by atoms with Crippen molar-refractivity contribution >= 4 is 23.5 Å². The first kappa shape index (κ1) is 19.2. The highest BCUT2D eigenvalue weighted by atomic mass is 32.2. The molecule has 0 saturated heterocycles. The molecule has 0 saturated carbocycles. The summed E-state index contributed by atoms with van der Waals surface area (Å²) >= 11 is 1.33. The number of hydrogen-bond acceptors (Lipinski definition) is 4. The van der Waals surface area contributed by atoms with Crippen LogP contribution in [0.3, 0.4) is 0 Å². The van der Waals surface area contributed by atoms with Gasteiger partial charge in [0.15, 0.2) is 0 Å². The van der Waals surface area contributed by atoms with E-state index in [-0.39, 0.29) is 11.5 Å². The molecule has 9 heteroatoms. The maximum absolute atomic E-state index is 12.8. The number of hydrogen-bond donors (Lipinski definition) is 0. The van der Waals surface area contributed by atoms with Crippen LogP contribution in [0.5, 0.6) is 0 Å². The molecular formula is C16H15F4N3OS. The molecule has 0 aliphatic rings. The van der Waals surface area contributed by atoms with Gasteiger partial charge in [-0.2, -0.15) is 13.2 Å². The van der Waals surface area contributed by atoms with E-state index < -0.39 is 24.3 Å². The highest BCUT2D eigenvalue weighted by molar-refractivity contribution is 7.99. The summed E-state index contributed by atoms with van der Waals surface area (Å²) in [5.74, 6) is 0.176. The Balaban J connectivity index is 2.30. The molecule has 2 heterocycles. The topological polar surface area (TPSA) is 46.1 Å². The average Bonchev–Trinajstić information content (AvgIpc) is 2.60. The van der Waals surface area contributed by atoms with Gasteiger partial charge in [-0.15, -0.1) is 11.8 Å². The van der Waals surface area contributed by atoms with E-state index in [1.807, 2.05) is 6.92 Å². The molecule has 0 aliphatic carbocycles. The van der Waals surface area contributed by atoms with Crippen molar-refractivity contribution < 1.29 is 22.4 Å². The third-order valence-corrected chi connectivity index (χ3v) is 4.20. The molecule has 0 spiro atoms. The number of carbonyl (C=O) groups excluding carboxylic acids is 1. The molecule has 0 atom stereocenters. The lowest BCUT2D eigenvalue weighted by molar-refractivity contribution is -0.137. The minimum Gasteiger partial charge on any atom is -0.294 e. The van der Waals surface area contributed by atoms with Crippen molar-refractivity contribution in [3.05, 3.63) is 47.4 Å². The molecule has 0 unspecified atom stereocenters. The van der Waals surface area contributed by atoms with Crippen LogP contribution in [-0.4, -0.2) is 28.7 Å². The van der Waals surface area contributed by atoms with Gasteiger partial charge in [0, 0.05) is 29.9 Å². The molecule has 2 aromatic heterocycles. The SMILES string of the molecule is CCSc1cc(CF)cnc1C(=O)N(C)c1ccc(C(F)(F)F)cn1. The fourth-order valence-corrected chi connectivity index (χ4v) is 2.82. The Morgan fingerprint density at radius 3 is 2.48 bits per heavy atom. The monoisotopic (exact) mass is 373 g/mol. The van der Waals surface area contributed by atoms with Crippen LogP contribution in [0, 0.1) is 0 Å². The molecule has 1 amide bonds. The minimum absolute atomic E-state index is 0.0572. The van der Waals surface area contributed by atoms with Crippen LogP contribution < -0.4 is 4.90 Å². The molecule has 0 radical (unpaired) electrons. The molecular weight excluding hydrogens is 358 g/mol. The van der Waals surface area contributed by atoms with E-state index in [9.17, 15) is 22.4 Å². The predicted molar refractivity (Wildman–Crippen MR) is 87.4 cm³/mol. The van der Waals surface area contributed by atoms with E-state index in [0.29, 0.717) is 22.4 Å². The number of aromatic nitrogens is 2. The Morgan fingerprint density at radius 2 is 1.96 bits per heavy atom. The van der Waals surface area contributed by atoms with Crippen LogP contribution in [0.15, 0.2) is 35.5 Å². The summed E-state index contributed by atoms with van der Waals surface area (Å²) in [7, 11) is 1.39. The lowest BCUT2D eigenvalue weighted by atomic mass is 10.2. The molecule has 0 aromatic carbocycles. The van der Waals surface area contributed by atoms with Gasteiger partial charge in [-0.3, -0.25) is 9.69 Å². The van der Waals surface area contributed by atoms with E-state index in [0.717, 1.165) is 17.0 Å². The van der Waals surface area contributed by atoms with E-state index in [1.165, 1.54) is 25.0 Å². The fourth-order valence-electron chi connectivity index (χ4n) is 2.00. The van der Waals surface area contributed by atoms with E-state index in [2.05, 4.69) is 9.97 Å². The normalized spacial score (nSPS) is 11.4. The van der Waals surface area contributed by atoms with Crippen LogP contribution in [0.4, 0.5) is 23.4 Å². The van der Waals surface area contributed by atoms with Gasteiger partial charge in [-0.1, -0.05) is 6.92 Å². The number of alkyl halides is 4. The zero-order valence-electron chi connectivity index (χ0n) is 13.5. The Morgan fingerprint density at radius 1 is 1.24 bits per heavy atom. The molecule has 134 valence electrons. The summed E-state index contributed by atoms with van der Waals surface area (Å²) in [6.07, 6.45) is -2.57. The second kappa shape index (κ2) is 7.81. The number of amides is 1. The van der Waals surface area contributed by atoms with Crippen molar-refractivity contribution in [3.63, 3.8) is 0 Å². The van der Waals surface area contributed by atoms with Gasteiger partial charge >= 0.3 is 6.18 Å². The summed E-state index contributed by atoms with van der Waals surface area (Å²) in [4.78, 5) is 21.9. The number of pyridine rings is 2. The largest absolute Gasteiger partial charge is 0.417 e. The Bertz CT molecular complexity index is 750. The summed E-state index contributed by atoms with van der Waals surface area (Å²) < 4.78 is 50.6. The number of nitrogens with zero attached hydrogens (tertiary/aromatic N) is 3. The van der Waals surface area contributed by atoms with Gasteiger partial charge in [-0.25, -0.2) is 14.4 Å². The maximum Gasteiger partial charge on any atom is 0.417 e. The number of rotatable bonds is 5. The molecule has 25 heavy (non-hydrogen) atoms. The van der Waals surface area contributed by atoms with Gasteiger partial charge in [0.2, 0.25) is 0 Å². The lowest BCUT2D eigenvalue weighted by Gasteiger charge is -2.18. The summed E-state index contributed by atoms with van der Waals surface area (Å²) in [5.41, 5.74) is -0.444. The van der Waals surface area contributed by atoms with Crippen LogP contribution in [0.2, 0.25) is 0 Å². The third-order valence-electron chi connectivity index (χ3n) is 3.29. The number of halogens is 4. The quantitative estimate of drug-likeness (QED) is 0.577. The molecule has 0 aliphatic heterocycles. The van der Waals surface area contributed by atoms with Crippen molar-refractivity contribution in [2.75, 3.05) is 17.7 Å². The zero-order chi connectivity index (χ0) is 18.6. The zero-order valence-corrected chi connectivity index (χ0v) is 14.3. The molecule has 0 bridgehead atoms. The van der Waals surface area contributed by atoms with Crippen molar-refractivity contribution in [2.45, 2.75) is 24.7 Å². The second-order valence-corrected chi connectivity index (χ2v) is 6.33. The highest BCUT2D eigenvalue weighted by Crippen LogP contribution is 2.30. The summed E-state index contributed by atoms with van der Waals surface area (Å²) in [5, 5.41) is 0. The highest BCUT2D eigenvalue weighted by Gasteiger charge is 2.31. The van der Waals surface area contributed by atoms with Crippen molar-refractivity contribution in [3.8, 4) is 0 Å². The van der Waals surface area contributed by atoms with E-state index >= 15 is 0 Å². The molecule has 4 nitrogen and oxygen atoms in total. The van der Waals surface area contributed by atoms with Crippen molar-refractivity contribution in [1.29, 1.82) is 0 Å². The minimum atomic E-state index is -4.50. The Labute approximate surface area is 146 Å². The number of anilines is 1. The second-order valence-electron chi connectivity index (χ2n) is 5.02. The van der Waals surface area contributed by atoms with E-state index in [4.69, 9.17) is 0 Å². The van der Waals surface area contributed by atoms with Gasteiger partial charge < -0.3 is 0 Å². The van der Waals surface area contributed by atoms with Crippen molar-refractivity contribution in [1.82, 2.24) is 9.97 Å². The fraction of sp³-hybridized carbons (Fsp3) is 0.312. The number of carbonyl (C=O) groups is 1. The van der Waals surface area contributed by atoms with Gasteiger partial charge in [-0.05, 0) is 24.0 Å². The maximum atomic E-state index is 12.8. The van der Waals surface area contributed by atoms with Crippen molar-refractivity contribution in [2.24, 2.45) is 0 Å². The average molecular weight is 373 g/mol. The van der Waals surface area contributed by atoms with Gasteiger partial charge in [0.1, 0.15) is 18.2 Å². The number of thioether (sulfide) groups is 1. The van der Waals surface area contributed by atoms with Gasteiger partial charge in [0.25, 0.3) is 5.91 Å². The smallest absolute Gasteiger partial charge is 0.294 e. The predicted octanol–water partition coefficient (Wildman–Crippen LogP) is 4.35. The third kappa shape index (κ3) is 4.47. The van der Waals surface area contributed by atoms with E-state index in [1.54, 1.807) is 6.07 Å². The molecule has 2 aromatic rings. The summed E-state index contributed by atoms with van der Waals surface area (Å²) in [6.45, 7) is 1.18. The van der Waals surface area contributed by atoms with Gasteiger partial charge in [0.05, 0.1) is 5.56 Å². The molecule has 2 rings (SSSR count). The first-order valence-corrected chi connectivity index (χ1v) is 8.25. The summed E-state index contributed by atoms with van der Waals surface area (Å²) in [6, 6.07) is 3.51. The first-order chi connectivity index (χ1) is 11.8. The van der Waals surface area contributed by atoms with Crippen LogP contribution in [0.25, 0.3) is 0 Å². The van der Waals surface area contributed by atoms with Crippen LogP contribution in [0.1, 0.15) is 28.5 Å². The van der Waals surface area contributed by atoms with Crippen LogP contribution >= 0.6 is 11.8 Å². The standard InChI is InChI=1S/C16H15F4N3OS/c1-3-25-12-6-10(7-17)8-22-14(12)15(24)23(2)13-5-4-11(9-21-13)16(18,19)20/h4-6,8-9H,3,7H2,1-2H3. The molecule has 0 fully saturated rings. The Kier molecular flexibility index (Phi) is 5.99. The van der Waals surface area contributed by atoms with Crippen LogP contribution in [-0.2, 0) is 12.9 Å². The first-order valence-electron chi connectivity index (χ1n) is 7.27.